The van der Waals surface area contributed by atoms with E-state index < -0.39 is 0 Å². The summed E-state index contributed by atoms with van der Waals surface area (Å²) in [7, 11) is 0. The molecule has 0 aliphatic heterocycles. The van der Waals surface area contributed by atoms with Crippen LogP contribution in [0, 0.1) is 26.6 Å². The van der Waals surface area contributed by atoms with Crippen LogP contribution >= 0.6 is 11.8 Å². The van der Waals surface area contributed by atoms with Crippen molar-refractivity contribution < 1.29 is 9.18 Å². The average Bonchev–Trinajstić information content (AvgIpc) is 3.19. The number of hydrogen-bond acceptors (Lipinski definition) is 5. The zero-order chi connectivity index (χ0) is 22.0. The average molecular weight is 442 g/mol. The molecule has 0 bridgehead atoms. The molecule has 3 aromatic rings. The van der Waals surface area contributed by atoms with E-state index in [9.17, 15) is 9.18 Å². The van der Waals surface area contributed by atoms with Gasteiger partial charge < -0.3 is 4.90 Å². The van der Waals surface area contributed by atoms with Gasteiger partial charge in [-0.15, -0.1) is 5.10 Å². The molecule has 0 saturated heterocycles. The summed E-state index contributed by atoms with van der Waals surface area (Å²) in [5.74, 6) is 0.635. The van der Waals surface area contributed by atoms with E-state index in [2.05, 4.69) is 15.1 Å². The highest BCUT2D eigenvalue weighted by atomic mass is 32.2. The lowest BCUT2D eigenvalue weighted by atomic mass is 9.94. The van der Waals surface area contributed by atoms with Gasteiger partial charge in [0.2, 0.25) is 11.1 Å². The first-order valence-corrected chi connectivity index (χ1v) is 11.8. The number of benzene rings is 1. The van der Waals surface area contributed by atoms with Gasteiger partial charge in [0.15, 0.2) is 0 Å². The summed E-state index contributed by atoms with van der Waals surface area (Å²) < 4.78 is 15.0. The second-order valence-electron chi connectivity index (χ2n) is 8.24. The fourth-order valence-corrected chi connectivity index (χ4v) is 4.81. The van der Waals surface area contributed by atoms with Crippen LogP contribution in [0.1, 0.15) is 54.6 Å². The number of aryl methyl sites for hydroxylation is 2. The van der Waals surface area contributed by atoms with Crippen LogP contribution in [0.4, 0.5) is 4.39 Å². The number of amides is 1. The Morgan fingerprint density at radius 1 is 1.13 bits per heavy atom. The number of halogens is 1. The van der Waals surface area contributed by atoms with Crippen LogP contribution in [0.25, 0.3) is 5.78 Å². The smallest absolute Gasteiger partial charge is 0.253 e. The number of nitrogens with zero attached hydrogens (tertiary/aromatic N) is 5. The van der Waals surface area contributed by atoms with Crippen LogP contribution < -0.4 is 0 Å². The van der Waals surface area contributed by atoms with Crippen LogP contribution in [0.3, 0.4) is 0 Å². The van der Waals surface area contributed by atoms with Gasteiger partial charge in [0.1, 0.15) is 5.82 Å². The minimum atomic E-state index is -0.262. The summed E-state index contributed by atoms with van der Waals surface area (Å²) in [5.41, 5.74) is 3.98. The highest BCUT2D eigenvalue weighted by Gasteiger charge is 2.26. The maximum atomic E-state index is 13.3. The lowest BCUT2D eigenvalue weighted by Crippen LogP contribution is -2.41. The summed E-state index contributed by atoms with van der Waals surface area (Å²) >= 11 is 1.35. The molecule has 1 aliphatic rings. The fraction of sp³-hybridized carbons (Fsp3) is 0.478. The van der Waals surface area contributed by atoms with Gasteiger partial charge in [-0.3, -0.25) is 4.79 Å². The van der Waals surface area contributed by atoms with E-state index in [1.54, 1.807) is 16.6 Å². The molecule has 1 fully saturated rings. The molecule has 2 heterocycles. The Balaban J connectivity index is 1.49. The third-order valence-corrected chi connectivity index (χ3v) is 6.99. The summed E-state index contributed by atoms with van der Waals surface area (Å²) in [6.07, 6.45) is 5.54. The van der Waals surface area contributed by atoms with Gasteiger partial charge in [0.25, 0.3) is 5.78 Å². The summed E-state index contributed by atoms with van der Waals surface area (Å²) in [6, 6.07) is 6.65. The van der Waals surface area contributed by atoms with Gasteiger partial charge in [-0.2, -0.15) is 4.98 Å². The summed E-state index contributed by atoms with van der Waals surface area (Å²) in [5, 5.41) is 5.10. The van der Waals surface area contributed by atoms with E-state index in [4.69, 9.17) is 0 Å². The molecule has 8 heteroatoms. The van der Waals surface area contributed by atoms with E-state index in [-0.39, 0.29) is 23.5 Å². The van der Waals surface area contributed by atoms with Crippen LogP contribution in [0.2, 0.25) is 0 Å². The van der Waals surface area contributed by atoms with Crippen molar-refractivity contribution in [3.63, 3.8) is 0 Å². The minimum absolute atomic E-state index is 0.0668. The lowest BCUT2D eigenvalue weighted by Gasteiger charge is -2.34. The maximum absolute atomic E-state index is 13.3. The molecular weight excluding hydrogens is 413 g/mol. The molecule has 0 unspecified atom stereocenters. The predicted molar refractivity (Wildman–Crippen MR) is 120 cm³/mol. The molecule has 6 nitrogen and oxygen atoms in total. The number of rotatable bonds is 6. The van der Waals surface area contributed by atoms with E-state index in [1.807, 2.05) is 25.7 Å². The first-order chi connectivity index (χ1) is 14.9. The molecule has 0 atom stereocenters. The number of hydrogen-bond donors (Lipinski definition) is 0. The Labute approximate surface area is 186 Å². The molecule has 4 rings (SSSR count). The van der Waals surface area contributed by atoms with Crippen LogP contribution in [0.5, 0.6) is 0 Å². The molecular formula is C23H28FN5OS. The van der Waals surface area contributed by atoms with Crippen molar-refractivity contribution in [2.75, 3.05) is 5.75 Å². The van der Waals surface area contributed by atoms with Gasteiger partial charge in [0.05, 0.1) is 5.75 Å². The molecule has 1 aliphatic carbocycles. The van der Waals surface area contributed by atoms with Crippen LogP contribution in [0.15, 0.2) is 29.4 Å². The van der Waals surface area contributed by atoms with Crippen LogP contribution in [-0.4, -0.2) is 42.2 Å². The molecule has 1 amide bonds. The molecule has 164 valence electrons. The second-order valence-corrected chi connectivity index (χ2v) is 9.18. The van der Waals surface area contributed by atoms with Crippen molar-refractivity contribution >= 4 is 23.4 Å². The SMILES string of the molecule is Cc1nc2nc(SCC(=O)N(Cc3ccc(F)cc3)C3CCCCC3)nn2c(C)c1C. The van der Waals surface area contributed by atoms with Gasteiger partial charge in [-0.05, 0) is 56.9 Å². The Bertz CT molecular complexity index is 1080. The largest absolute Gasteiger partial charge is 0.335 e. The normalized spacial score (nSPS) is 14.8. The quantitative estimate of drug-likeness (QED) is 0.522. The molecule has 1 aromatic carbocycles. The van der Waals surface area contributed by atoms with E-state index in [0.29, 0.717) is 17.5 Å². The van der Waals surface area contributed by atoms with Gasteiger partial charge in [-0.1, -0.05) is 43.2 Å². The first-order valence-electron chi connectivity index (χ1n) is 10.8. The lowest BCUT2D eigenvalue weighted by molar-refractivity contribution is -0.132. The van der Waals surface area contributed by atoms with Crippen molar-refractivity contribution in [3.8, 4) is 0 Å². The van der Waals surface area contributed by atoms with Crippen molar-refractivity contribution in [3.05, 3.63) is 52.6 Å². The van der Waals surface area contributed by atoms with E-state index >= 15 is 0 Å². The molecule has 31 heavy (non-hydrogen) atoms. The van der Waals surface area contributed by atoms with Crippen molar-refractivity contribution in [2.45, 2.75) is 70.6 Å². The number of fused-ring (bicyclic) bond motifs is 1. The van der Waals surface area contributed by atoms with E-state index in [0.717, 1.165) is 48.2 Å². The molecule has 0 radical (unpaired) electrons. The molecule has 2 aromatic heterocycles. The van der Waals surface area contributed by atoms with Gasteiger partial charge >= 0.3 is 0 Å². The van der Waals surface area contributed by atoms with Gasteiger partial charge in [-0.25, -0.2) is 13.9 Å². The van der Waals surface area contributed by atoms with Crippen LogP contribution in [-0.2, 0) is 11.3 Å². The van der Waals surface area contributed by atoms with E-state index in [1.165, 1.54) is 30.3 Å². The summed E-state index contributed by atoms with van der Waals surface area (Å²) in [6.45, 7) is 6.48. The fourth-order valence-electron chi connectivity index (χ4n) is 4.11. The Kier molecular flexibility index (Phi) is 6.55. The standard InChI is InChI=1S/C23H28FN5OS/c1-15-16(2)25-22-26-23(27-29(22)17(15)3)31-14-21(30)28(20-7-5-4-6-8-20)13-18-9-11-19(24)12-10-18/h9-12,20H,4-8,13-14H2,1-3H3. The maximum Gasteiger partial charge on any atom is 0.253 e. The zero-order valence-corrected chi connectivity index (χ0v) is 19.1. The number of aromatic nitrogens is 4. The molecule has 0 spiro atoms. The number of carbonyl (C=O) groups excluding carboxylic acids is 1. The highest BCUT2D eigenvalue weighted by molar-refractivity contribution is 7.99. The minimum Gasteiger partial charge on any atom is -0.335 e. The first kappa shape index (κ1) is 21.7. The number of carbonyl (C=O) groups is 1. The number of thioether (sulfide) groups is 1. The van der Waals surface area contributed by atoms with Crippen molar-refractivity contribution in [2.24, 2.45) is 0 Å². The van der Waals surface area contributed by atoms with Gasteiger partial charge in [0, 0.05) is 24.0 Å². The third kappa shape index (κ3) is 4.89. The second kappa shape index (κ2) is 9.34. The van der Waals surface area contributed by atoms with Crippen molar-refractivity contribution in [1.29, 1.82) is 0 Å². The summed E-state index contributed by atoms with van der Waals surface area (Å²) in [4.78, 5) is 24.2. The topological polar surface area (TPSA) is 63.4 Å². The Morgan fingerprint density at radius 2 is 1.84 bits per heavy atom. The zero-order valence-electron chi connectivity index (χ0n) is 18.3. The molecule has 0 N–H and O–H groups in total. The molecule has 1 saturated carbocycles. The Morgan fingerprint density at radius 3 is 2.55 bits per heavy atom. The monoisotopic (exact) mass is 441 g/mol. The highest BCUT2D eigenvalue weighted by Crippen LogP contribution is 2.26. The predicted octanol–water partition coefficient (Wildman–Crippen LogP) is 4.64. The van der Waals surface area contributed by atoms with Crippen molar-refractivity contribution in [1.82, 2.24) is 24.5 Å². The third-order valence-electron chi connectivity index (χ3n) is 6.17. The Hall–Kier alpha value is -2.48.